The van der Waals surface area contributed by atoms with Crippen molar-refractivity contribution in [2.24, 2.45) is 0 Å². The molecule has 0 radical (unpaired) electrons. The lowest BCUT2D eigenvalue weighted by Gasteiger charge is -2.31. The Labute approximate surface area is 382 Å². The van der Waals surface area contributed by atoms with E-state index in [0.717, 1.165) is 28.0 Å². The standard InChI is InChI=1S/C48H60N4O11.ClH/c1-31-11-16-37-42(23-31)59-21-22-60-43-26-36(47-34-14-12-32(49(5)6)24-40(34)62-41-25-33(50(7)8)13-15-35(41)47)39(61-30-46(55)63-48(2,3)4)27-38(43)52(29-45(54)57-10)18-20-58-19-17-51(37)28-44(53)56-9;/h11-16,23-27,32H,17-22,28-30H2,1-10H3;1H. The smallest absolute Gasteiger partial charge is 0.344 e. The minimum atomic E-state index is -0.742. The molecule has 0 bridgehead atoms. The lowest BCUT2D eigenvalue weighted by molar-refractivity contribution is -0.871. The molecule has 0 aromatic heterocycles. The molecular formula is C48H61ClN4O11. The van der Waals surface area contributed by atoms with Gasteiger partial charge in [-0.2, -0.15) is 0 Å². The molecule has 3 aromatic carbocycles. The van der Waals surface area contributed by atoms with Gasteiger partial charge < -0.3 is 69.9 Å². The number of ether oxygens (including phenoxy) is 8. The number of quaternary nitrogens is 1. The topological polar surface area (TPSA) is 139 Å². The van der Waals surface area contributed by atoms with Gasteiger partial charge in [0.25, 0.3) is 0 Å². The molecule has 64 heavy (non-hydrogen) atoms. The summed E-state index contributed by atoms with van der Waals surface area (Å²) in [5.74, 6) is 1.22. The molecular weight excluding hydrogens is 844 g/mol. The Morgan fingerprint density at radius 3 is 2.05 bits per heavy atom. The molecule has 3 aliphatic rings. The number of esters is 3. The Hall–Kier alpha value is -5.90. The highest BCUT2D eigenvalue weighted by atomic mass is 35.5. The molecule has 3 aromatic rings. The maximum absolute atomic E-state index is 13.3. The van der Waals surface area contributed by atoms with E-state index in [9.17, 15) is 14.4 Å². The molecule has 2 aliphatic heterocycles. The van der Waals surface area contributed by atoms with Crippen LogP contribution in [-0.2, 0) is 33.3 Å². The molecule has 1 unspecified atom stereocenters. The summed E-state index contributed by atoms with van der Waals surface area (Å²) in [4.78, 5) is 45.8. The Morgan fingerprint density at radius 1 is 0.797 bits per heavy atom. The molecule has 346 valence electrons. The fourth-order valence-corrected chi connectivity index (χ4v) is 7.38. The number of methoxy groups -OCH3 is 2. The van der Waals surface area contributed by atoms with Gasteiger partial charge in [-0.15, -0.1) is 0 Å². The molecule has 0 saturated carbocycles. The maximum Gasteiger partial charge on any atom is 0.344 e. The minimum absolute atomic E-state index is 0. The number of aryl methyl sites for hydroxylation is 1. The SMILES string of the molecule is COC(=O)CN1CCOCCN(CC(=O)OC)c2cc(OCC(=O)OC(C)(C)C)c(C3=C4C=CC([NH+](C)C)C=C4Oc4cc(N(C)C)ccc43)cc2OCCOc2cc(C)ccc21.[Cl-]. The summed E-state index contributed by atoms with van der Waals surface area (Å²) >= 11 is 0. The van der Waals surface area contributed by atoms with Crippen LogP contribution in [0.5, 0.6) is 23.0 Å². The van der Waals surface area contributed by atoms with Crippen molar-refractivity contribution >= 4 is 40.5 Å². The number of hydrogen-bond acceptors (Lipinski definition) is 14. The number of anilines is 3. The van der Waals surface area contributed by atoms with Crippen LogP contribution >= 0.6 is 0 Å². The first-order valence-corrected chi connectivity index (χ1v) is 21.1. The number of nitrogens with zero attached hydrogens (tertiary/aromatic N) is 3. The first-order valence-electron chi connectivity index (χ1n) is 21.1. The molecule has 2 heterocycles. The molecule has 0 saturated heterocycles. The van der Waals surface area contributed by atoms with Gasteiger partial charge >= 0.3 is 17.9 Å². The van der Waals surface area contributed by atoms with Crippen LogP contribution in [0.2, 0.25) is 0 Å². The summed E-state index contributed by atoms with van der Waals surface area (Å²) in [6, 6.07) is 15.6. The molecule has 0 spiro atoms. The van der Waals surface area contributed by atoms with Crippen LogP contribution in [0.15, 0.2) is 78.1 Å². The summed E-state index contributed by atoms with van der Waals surface area (Å²) < 4.78 is 48.3. The van der Waals surface area contributed by atoms with Crippen molar-refractivity contribution < 1.29 is 69.6 Å². The number of hydrogen-bond donors (Lipinski definition) is 1. The number of carbonyl (C=O) groups excluding carboxylic acids is 3. The van der Waals surface area contributed by atoms with Crippen molar-refractivity contribution in [1.82, 2.24) is 0 Å². The number of carbonyl (C=O) groups is 3. The van der Waals surface area contributed by atoms with Crippen molar-refractivity contribution in [3.05, 3.63) is 94.8 Å². The normalized spacial score (nSPS) is 16.4. The van der Waals surface area contributed by atoms with Crippen molar-refractivity contribution in [2.75, 3.05) is 116 Å². The van der Waals surface area contributed by atoms with Crippen LogP contribution in [0.25, 0.3) is 5.57 Å². The van der Waals surface area contributed by atoms with Gasteiger partial charge in [0.2, 0.25) is 0 Å². The van der Waals surface area contributed by atoms with Gasteiger partial charge in [0, 0.05) is 73.4 Å². The van der Waals surface area contributed by atoms with Gasteiger partial charge in [0.15, 0.2) is 6.61 Å². The van der Waals surface area contributed by atoms with Crippen LogP contribution < -0.4 is 51.0 Å². The van der Waals surface area contributed by atoms with Crippen LogP contribution in [-0.4, -0.2) is 131 Å². The summed E-state index contributed by atoms with van der Waals surface area (Å²) in [5.41, 5.74) is 5.43. The van der Waals surface area contributed by atoms with E-state index in [2.05, 4.69) is 32.3 Å². The number of allylic oxidation sites excluding steroid dienone is 1. The predicted molar refractivity (Wildman–Crippen MR) is 240 cm³/mol. The Balaban J connectivity index is 0.00000771. The largest absolute Gasteiger partial charge is 1.00 e. The van der Waals surface area contributed by atoms with Gasteiger partial charge in [0.1, 0.15) is 66.7 Å². The van der Waals surface area contributed by atoms with Crippen molar-refractivity contribution in [3.63, 3.8) is 0 Å². The molecule has 0 fully saturated rings. The quantitative estimate of drug-likeness (QED) is 0.232. The van der Waals surface area contributed by atoms with Gasteiger partial charge in [-0.3, -0.25) is 9.59 Å². The van der Waals surface area contributed by atoms with Crippen molar-refractivity contribution in [1.29, 1.82) is 0 Å². The summed E-state index contributed by atoms with van der Waals surface area (Å²) in [6.45, 7) is 8.05. The second-order valence-electron chi connectivity index (χ2n) is 16.9. The molecule has 1 atom stereocenters. The fraction of sp³-hybridized carbons (Fsp3) is 0.438. The van der Waals surface area contributed by atoms with E-state index in [4.69, 9.17) is 37.9 Å². The first-order chi connectivity index (χ1) is 30.0. The molecule has 1 aliphatic carbocycles. The number of fused-ring (bicyclic) bond motifs is 4. The second kappa shape index (κ2) is 21.7. The highest BCUT2D eigenvalue weighted by Gasteiger charge is 2.33. The first kappa shape index (κ1) is 49.1. The van der Waals surface area contributed by atoms with E-state index in [-0.39, 0.29) is 64.5 Å². The van der Waals surface area contributed by atoms with Gasteiger partial charge in [-0.05, 0) is 75.7 Å². The third-order valence-electron chi connectivity index (χ3n) is 10.6. The van der Waals surface area contributed by atoms with E-state index >= 15 is 0 Å². The minimum Gasteiger partial charge on any atom is -1.00 e. The number of rotatable bonds is 10. The molecule has 0 amide bonds. The molecule has 1 N–H and O–H groups in total. The van der Waals surface area contributed by atoms with E-state index in [1.54, 1.807) is 31.7 Å². The van der Waals surface area contributed by atoms with E-state index < -0.39 is 30.1 Å². The summed E-state index contributed by atoms with van der Waals surface area (Å²) in [5, 5.41) is 0. The van der Waals surface area contributed by atoms with E-state index in [1.165, 1.54) is 19.1 Å². The Kier molecular flexibility index (Phi) is 16.6. The van der Waals surface area contributed by atoms with Gasteiger partial charge in [-0.1, -0.05) is 6.07 Å². The number of nitrogens with one attached hydrogen (secondary N) is 1. The summed E-state index contributed by atoms with van der Waals surface area (Å²) in [6.07, 6.45) is 6.31. The highest BCUT2D eigenvalue weighted by Crippen LogP contribution is 2.49. The van der Waals surface area contributed by atoms with Crippen LogP contribution in [0, 0.1) is 6.92 Å². The summed E-state index contributed by atoms with van der Waals surface area (Å²) in [7, 11) is 10.8. The monoisotopic (exact) mass is 904 g/mol. The zero-order valence-electron chi connectivity index (χ0n) is 38.5. The van der Waals surface area contributed by atoms with Crippen LogP contribution in [0.4, 0.5) is 17.1 Å². The Bertz CT molecular complexity index is 2270. The Morgan fingerprint density at radius 2 is 1.44 bits per heavy atom. The van der Waals surface area contributed by atoms with Crippen LogP contribution in [0.3, 0.4) is 0 Å². The van der Waals surface area contributed by atoms with Gasteiger partial charge in [0.05, 0.1) is 52.9 Å². The molecule has 6 rings (SSSR count). The molecule has 16 heteroatoms. The lowest BCUT2D eigenvalue weighted by Crippen LogP contribution is -3.09. The number of benzene rings is 3. The van der Waals surface area contributed by atoms with Crippen LogP contribution in [0.1, 0.15) is 37.5 Å². The average molecular weight is 905 g/mol. The third-order valence-corrected chi connectivity index (χ3v) is 10.6. The zero-order chi connectivity index (χ0) is 45.4. The third kappa shape index (κ3) is 12.2. The highest BCUT2D eigenvalue weighted by molar-refractivity contribution is 5.94. The van der Waals surface area contributed by atoms with Crippen molar-refractivity contribution in [3.8, 4) is 23.0 Å². The predicted octanol–water partition coefficient (Wildman–Crippen LogP) is 1.39. The number of likely N-dealkylation sites (N-methyl/N-ethyl adjacent to an activating group) is 1. The average Bonchev–Trinajstić information content (AvgIpc) is 3.24. The van der Waals surface area contributed by atoms with Crippen molar-refractivity contribution in [2.45, 2.75) is 39.3 Å². The second-order valence-corrected chi connectivity index (χ2v) is 16.9. The molecule has 15 nitrogen and oxygen atoms in total. The van der Waals surface area contributed by atoms with E-state index in [1.807, 2.05) is 73.3 Å². The maximum atomic E-state index is 13.3. The zero-order valence-corrected chi connectivity index (χ0v) is 39.3. The van der Waals surface area contributed by atoms with E-state index in [0.29, 0.717) is 52.2 Å². The number of halogens is 1. The van der Waals surface area contributed by atoms with Gasteiger partial charge in [-0.25, -0.2) is 4.79 Å². The lowest BCUT2D eigenvalue weighted by atomic mass is 9.86. The fourth-order valence-electron chi connectivity index (χ4n) is 7.38.